The first-order valence-corrected chi connectivity index (χ1v) is 10.4. The summed E-state index contributed by atoms with van der Waals surface area (Å²) in [5.74, 6) is 1.32. The topological polar surface area (TPSA) is 65.5 Å². The number of carbonyl (C=O) groups is 1. The van der Waals surface area contributed by atoms with Gasteiger partial charge in [0.2, 0.25) is 0 Å². The fourth-order valence-corrected chi connectivity index (χ4v) is 3.13. The monoisotopic (exact) mass is 394 g/mol. The molecular weight excluding hydrogens is 360 g/mol. The van der Waals surface area contributed by atoms with Crippen LogP contribution >= 0.6 is 0 Å². The van der Waals surface area contributed by atoms with E-state index in [4.69, 9.17) is 0 Å². The molecule has 156 valence electrons. The first-order chi connectivity index (χ1) is 14.0. The first kappa shape index (κ1) is 22.5. The zero-order valence-electron chi connectivity index (χ0n) is 18.1. The van der Waals surface area contributed by atoms with Gasteiger partial charge in [0.1, 0.15) is 0 Å². The number of aliphatic imine (C=N–C) groups is 1. The van der Waals surface area contributed by atoms with Crippen molar-refractivity contribution >= 4 is 11.9 Å². The third kappa shape index (κ3) is 7.60. The Balaban J connectivity index is 1.69. The molecule has 5 nitrogen and oxygen atoms in total. The minimum atomic E-state index is -0.0591. The van der Waals surface area contributed by atoms with Gasteiger partial charge < -0.3 is 16.0 Å². The summed E-state index contributed by atoms with van der Waals surface area (Å²) >= 11 is 0. The van der Waals surface area contributed by atoms with Crippen molar-refractivity contribution in [3.05, 3.63) is 70.8 Å². The molecule has 1 amide bonds. The number of nitrogens with zero attached hydrogens (tertiary/aromatic N) is 1. The standard InChI is InChI=1S/C24H34N4O/c1-18(2)21-12-10-19(11-13-21)8-6-15-27-24(26-4)28-16-14-20-7-5-9-22(17-20)23(29)25-3/h5,7,9-13,17-18H,6,8,14-16H2,1-4H3,(H,25,29)(H2,26,27,28). The number of hydrogen-bond acceptors (Lipinski definition) is 2. The van der Waals surface area contributed by atoms with Crippen LogP contribution in [0.1, 0.15) is 53.2 Å². The van der Waals surface area contributed by atoms with Crippen LogP contribution in [-0.2, 0) is 12.8 Å². The smallest absolute Gasteiger partial charge is 0.251 e. The van der Waals surface area contributed by atoms with E-state index in [0.29, 0.717) is 11.5 Å². The van der Waals surface area contributed by atoms with Gasteiger partial charge in [-0.05, 0) is 54.0 Å². The van der Waals surface area contributed by atoms with E-state index in [9.17, 15) is 4.79 Å². The lowest BCUT2D eigenvalue weighted by Crippen LogP contribution is -2.38. The molecule has 0 heterocycles. The highest BCUT2D eigenvalue weighted by atomic mass is 16.1. The molecule has 0 aliphatic heterocycles. The largest absolute Gasteiger partial charge is 0.356 e. The Bertz CT molecular complexity index is 797. The van der Waals surface area contributed by atoms with E-state index in [2.05, 4.69) is 59.1 Å². The predicted molar refractivity (Wildman–Crippen MR) is 122 cm³/mol. The van der Waals surface area contributed by atoms with Crippen molar-refractivity contribution in [1.82, 2.24) is 16.0 Å². The summed E-state index contributed by atoms with van der Waals surface area (Å²) in [5.41, 5.74) is 4.57. The van der Waals surface area contributed by atoms with E-state index in [1.807, 2.05) is 24.3 Å². The fourth-order valence-electron chi connectivity index (χ4n) is 3.13. The highest BCUT2D eigenvalue weighted by Crippen LogP contribution is 2.15. The van der Waals surface area contributed by atoms with Gasteiger partial charge in [-0.15, -0.1) is 0 Å². The number of amides is 1. The number of guanidine groups is 1. The summed E-state index contributed by atoms with van der Waals surface area (Å²) in [6.07, 6.45) is 2.93. The maximum Gasteiger partial charge on any atom is 0.251 e. The van der Waals surface area contributed by atoms with Crippen molar-refractivity contribution in [1.29, 1.82) is 0 Å². The second-order valence-electron chi connectivity index (χ2n) is 7.46. The number of rotatable bonds is 9. The molecule has 0 fully saturated rings. The third-order valence-corrected chi connectivity index (χ3v) is 4.93. The molecule has 0 saturated carbocycles. The summed E-state index contributed by atoms with van der Waals surface area (Å²) in [6, 6.07) is 16.6. The molecule has 29 heavy (non-hydrogen) atoms. The summed E-state index contributed by atoms with van der Waals surface area (Å²) < 4.78 is 0. The van der Waals surface area contributed by atoms with Crippen LogP contribution in [0.25, 0.3) is 0 Å². The molecule has 0 bridgehead atoms. The molecule has 0 aliphatic carbocycles. The van der Waals surface area contributed by atoms with Gasteiger partial charge in [-0.2, -0.15) is 0 Å². The average Bonchev–Trinajstić information content (AvgIpc) is 2.75. The molecule has 3 N–H and O–H groups in total. The van der Waals surface area contributed by atoms with Gasteiger partial charge in [0.15, 0.2) is 5.96 Å². The number of benzene rings is 2. The van der Waals surface area contributed by atoms with Gasteiger partial charge in [0.25, 0.3) is 5.91 Å². The van der Waals surface area contributed by atoms with Crippen molar-refractivity contribution in [3.8, 4) is 0 Å². The molecule has 2 aromatic carbocycles. The summed E-state index contributed by atoms with van der Waals surface area (Å²) in [4.78, 5) is 16.0. The number of carbonyl (C=O) groups excluding carboxylic acids is 1. The van der Waals surface area contributed by atoms with Crippen LogP contribution in [-0.4, -0.2) is 39.1 Å². The van der Waals surface area contributed by atoms with Gasteiger partial charge in [-0.3, -0.25) is 9.79 Å². The lowest BCUT2D eigenvalue weighted by Gasteiger charge is -2.12. The molecule has 2 aromatic rings. The average molecular weight is 395 g/mol. The van der Waals surface area contributed by atoms with Crippen LogP contribution in [0, 0.1) is 0 Å². The Kier molecular flexibility index (Phi) is 9.22. The predicted octanol–water partition coefficient (Wildman–Crippen LogP) is 3.51. The maximum absolute atomic E-state index is 11.7. The second-order valence-corrected chi connectivity index (χ2v) is 7.46. The molecule has 2 rings (SSSR count). The normalized spacial score (nSPS) is 11.4. The zero-order chi connectivity index (χ0) is 21.1. The molecule has 0 radical (unpaired) electrons. The molecule has 0 saturated heterocycles. The van der Waals surface area contributed by atoms with E-state index >= 15 is 0 Å². The van der Waals surface area contributed by atoms with Gasteiger partial charge in [0, 0.05) is 32.7 Å². The lowest BCUT2D eigenvalue weighted by atomic mass is 10.0. The molecular formula is C24H34N4O. The maximum atomic E-state index is 11.7. The molecule has 5 heteroatoms. The van der Waals surface area contributed by atoms with Crippen LogP contribution in [0.3, 0.4) is 0 Å². The quantitative estimate of drug-likeness (QED) is 0.346. The van der Waals surface area contributed by atoms with Crippen molar-refractivity contribution in [2.45, 2.75) is 39.0 Å². The number of nitrogens with one attached hydrogen (secondary N) is 3. The van der Waals surface area contributed by atoms with Gasteiger partial charge >= 0.3 is 0 Å². The highest BCUT2D eigenvalue weighted by Gasteiger charge is 2.04. The summed E-state index contributed by atoms with van der Waals surface area (Å²) in [7, 11) is 3.43. The Hall–Kier alpha value is -2.82. The Morgan fingerprint density at radius 3 is 2.34 bits per heavy atom. The van der Waals surface area contributed by atoms with Gasteiger partial charge in [-0.25, -0.2) is 0 Å². The van der Waals surface area contributed by atoms with Crippen LogP contribution in [0.4, 0.5) is 0 Å². The van der Waals surface area contributed by atoms with Crippen molar-refractivity contribution < 1.29 is 4.79 Å². The molecule has 0 aromatic heterocycles. The second kappa shape index (κ2) is 11.9. The SMILES string of the molecule is CN=C(NCCCc1ccc(C(C)C)cc1)NCCc1cccc(C(=O)NC)c1. The zero-order valence-corrected chi connectivity index (χ0v) is 18.1. The number of aryl methyl sites for hydroxylation is 1. The highest BCUT2D eigenvalue weighted by molar-refractivity contribution is 5.94. The minimum absolute atomic E-state index is 0.0591. The van der Waals surface area contributed by atoms with Crippen molar-refractivity contribution in [2.24, 2.45) is 4.99 Å². The van der Waals surface area contributed by atoms with Crippen LogP contribution < -0.4 is 16.0 Å². The molecule has 0 aliphatic rings. The number of hydrogen-bond donors (Lipinski definition) is 3. The van der Waals surface area contributed by atoms with E-state index in [0.717, 1.165) is 43.9 Å². The Morgan fingerprint density at radius 1 is 0.966 bits per heavy atom. The Morgan fingerprint density at radius 2 is 1.69 bits per heavy atom. The molecule has 0 atom stereocenters. The van der Waals surface area contributed by atoms with Crippen LogP contribution in [0.2, 0.25) is 0 Å². The van der Waals surface area contributed by atoms with Gasteiger partial charge in [-0.1, -0.05) is 50.2 Å². The fraction of sp³-hybridized carbons (Fsp3) is 0.417. The van der Waals surface area contributed by atoms with Crippen molar-refractivity contribution in [2.75, 3.05) is 27.2 Å². The van der Waals surface area contributed by atoms with E-state index in [-0.39, 0.29) is 5.91 Å². The van der Waals surface area contributed by atoms with Gasteiger partial charge in [0.05, 0.1) is 0 Å². The molecule has 0 spiro atoms. The molecule has 0 unspecified atom stereocenters. The minimum Gasteiger partial charge on any atom is -0.356 e. The van der Waals surface area contributed by atoms with Crippen LogP contribution in [0.5, 0.6) is 0 Å². The van der Waals surface area contributed by atoms with E-state index in [1.165, 1.54) is 11.1 Å². The van der Waals surface area contributed by atoms with Crippen LogP contribution in [0.15, 0.2) is 53.5 Å². The first-order valence-electron chi connectivity index (χ1n) is 10.4. The summed E-state index contributed by atoms with van der Waals surface area (Å²) in [5, 5.41) is 9.36. The Labute approximate surface area is 175 Å². The van der Waals surface area contributed by atoms with E-state index in [1.54, 1.807) is 14.1 Å². The third-order valence-electron chi connectivity index (χ3n) is 4.93. The van der Waals surface area contributed by atoms with E-state index < -0.39 is 0 Å². The lowest BCUT2D eigenvalue weighted by molar-refractivity contribution is 0.0963. The van der Waals surface area contributed by atoms with Crippen molar-refractivity contribution in [3.63, 3.8) is 0 Å². The summed E-state index contributed by atoms with van der Waals surface area (Å²) in [6.45, 7) is 6.07.